The molecule has 160 valence electrons. The lowest BCUT2D eigenvalue weighted by Crippen LogP contribution is -2.28. The van der Waals surface area contributed by atoms with E-state index in [1.165, 1.54) is 47.3 Å². The predicted molar refractivity (Wildman–Crippen MR) is 109 cm³/mol. The average Bonchev–Trinajstić information content (AvgIpc) is 3.12. The van der Waals surface area contributed by atoms with Crippen molar-refractivity contribution < 1.29 is 23.6 Å². The lowest BCUT2D eigenvalue weighted by molar-refractivity contribution is -0.384. The number of hydrogen-bond donors (Lipinski definition) is 1. The van der Waals surface area contributed by atoms with E-state index in [-0.39, 0.29) is 40.8 Å². The highest BCUT2D eigenvalue weighted by Gasteiger charge is 2.18. The second-order valence-electron chi connectivity index (χ2n) is 6.34. The summed E-state index contributed by atoms with van der Waals surface area (Å²) in [7, 11) is 0. The van der Waals surface area contributed by atoms with Crippen molar-refractivity contribution in [2.24, 2.45) is 0 Å². The molecule has 2 aromatic carbocycles. The molecule has 0 radical (unpaired) electrons. The van der Waals surface area contributed by atoms with Crippen LogP contribution in [-0.2, 0) is 4.74 Å². The van der Waals surface area contributed by atoms with Gasteiger partial charge in [0.15, 0.2) is 0 Å². The largest absolute Gasteiger partial charge is 0.460 e. The molecule has 1 amide bonds. The van der Waals surface area contributed by atoms with Gasteiger partial charge in [0, 0.05) is 12.1 Å². The van der Waals surface area contributed by atoms with Crippen molar-refractivity contribution in [1.82, 2.24) is 15.1 Å². The van der Waals surface area contributed by atoms with Gasteiger partial charge in [0.1, 0.15) is 18.0 Å². The number of halogens is 2. The Labute approximate surface area is 180 Å². The summed E-state index contributed by atoms with van der Waals surface area (Å²) < 4.78 is 19.7. The SMILES string of the molecule is Cc1c(C(=O)OCCNC(=O)c2ccc([N+](=O)[O-])cc2Cl)cnn1-c1ccc(F)cc1. The molecule has 0 atom stereocenters. The van der Waals surface area contributed by atoms with Crippen LogP contribution in [0.4, 0.5) is 10.1 Å². The first-order valence-corrected chi connectivity index (χ1v) is 9.35. The molecule has 11 heteroatoms. The van der Waals surface area contributed by atoms with Gasteiger partial charge in [-0.25, -0.2) is 13.9 Å². The van der Waals surface area contributed by atoms with Crippen LogP contribution in [0.1, 0.15) is 26.4 Å². The number of carbonyl (C=O) groups excluding carboxylic acids is 2. The Bertz CT molecular complexity index is 1150. The maximum Gasteiger partial charge on any atom is 0.341 e. The van der Waals surface area contributed by atoms with Gasteiger partial charge in [0.2, 0.25) is 0 Å². The molecule has 0 aliphatic carbocycles. The Balaban J connectivity index is 1.54. The number of non-ortho nitro benzene ring substituents is 1. The first-order chi connectivity index (χ1) is 14.8. The lowest BCUT2D eigenvalue weighted by atomic mass is 10.2. The van der Waals surface area contributed by atoms with E-state index in [1.807, 2.05) is 0 Å². The van der Waals surface area contributed by atoms with Crippen molar-refractivity contribution in [2.75, 3.05) is 13.2 Å². The number of nitro groups is 1. The highest BCUT2D eigenvalue weighted by atomic mass is 35.5. The summed E-state index contributed by atoms with van der Waals surface area (Å²) >= 11 is 5.91. The molecular weight excluding hydrogens is 431 g/mol. The molecule has 3 aromatic rings. The third kappa shape index (κ3) is 5.04. The molecule has 9 nitrogen and oxygen atoms in total. The van der Waals surface area contributed by atoms with Crippen LogP contribution in [0.15, 0.2) is 48.7 Å². The number of amides is 1. The summed E-state index contributed by atoms with van der Waals surface area (Å²) in [6, 6.07) is 9.13. The number of carbonyl (C=O) groups is 2. The molecule has 0 bridgehead atoms. The number of rotatable bonds is 7. The normalized spacial score (nSPS) is 10.5. The Morgan fingerprint density at radius 1 is 1.23 bits per heavy atom. The molecule has 0 saturated heterocycles. The van der Waals surface area contributed by atoms with Crippen molar-refractivity contribution in [3.63, 3.8) is 0 Å². The zero-order valence-corrected chi connectivity index (χ0v) is 16.9. The smallest absolute Gasteiger partial charge is 0.341 e. The quantitative estimate of drug-likeness (QED) is 0.257. The topological polar surface area (TPSA) is 116 Å². The summed E-state index contributed by atoms with van der Waals surface area (Å²) in [6.45, 7) is 1.56. The highest BCUT2D eigenvalue weighted by molar-refractivity contribution is 6.34. The molecular formula is C20H16ClFN4O5. The van der Waals surface area contributed by atoms with E-state index in [1.54, 1.807) is 6.92 Å². The highest BCUT2D eigenvalue weighted by Crippen LogP contribution is 2.22. The van der Waals surface area contributed by atoms with E-state index < -0.39 is 16.8 Å². The van der Waals surface area contributed by atoms with Crippen molar-refractivity contribution in [3.05, 3.63) is 86.4 Å². The maximum absolute atomic E-state index is 13.1. The second kappa shape index (κ2) is 9.35. The summed E-state index contributed by atoms with van der Waals surface area (Å²) in [5, 5.41) is 17.3. The molecule has 31 heavy (non-hydrogen) atoms. The zero-order chi connectivity index (χ0) is 22.5. The van der Waals surface area contributed by atoms with Crippen LogP contribution in [0.3, 0.4) is 0 Å². The van der Waals surface area contributed by atoms with E-state index in [4.69, 9.17) is 16.3 Å². The van der Waals surface area contributed by atoms with E-state index in [0.717, 1.165) is 6.07 Å². The third-order valence-electron chi connectivity index (χ3n) is 4.33. The number of ether oxygens (including phenoxy) is 1. The fourth-order valence-corrected chi connectivity index (χ4v) is 3.00. The Kier molecular flexibility index (Phi) is 6.61. The van der Waals surface area contributed by atoms with Crippen molar-refractivity contribution >= 4 is 29.2 Å². The summed E-state index contributed by atoms with van der Waals surface area (Å²) in [5.74, 6) is -1.57. The molecule has 0 spiro atoms. The molecule has 3 rings (SSSR count). The van der Waals surface area contributed by atoms with Gasteiger partial charge < -0.3 is 10.1 Å². The van der Waals surface area contributed by atoms with E-state index in [2.05, 4.69) is 10.4 Å². The fourth-order valence-electron chi connectivity index (χ4n) is 2.74. The molecule has 0 saturated carbocycles. The summed E-state index contributed by atoms with van der Waals surface area (Å²) in [6.07, 6.45) is 1.34. The number of nitrogens with zero attached hydrogens (tertiary/aromatic N) is 3. The van der Waals surface area contributed by atoms with Gasteiger partial charge in [-0.1, -0.05) is 11.6 Å². The van der Waals surface area contributed by atoms with Crippen LogP contribution in [0.2, 0.25) is 5.02 Å². The fraction of sp³-hybridized carbons (Fsp3) is 0.150. The van der Waals surface area contributed by atoms with Crippen LogP contribution in [0.5, 0.6) is 0 Å². The molecule has 0 fully saturated rings. The van der Waals surface area contributed by atoms with Crippen LogP contribution >= 0.6 is 11.6 Å². The lowest BCUT2D eigenvalue weighted by Gasteiger charge is -2.08. The van der Waals surface area contributed by atoms with Crippen LogP contribution in [0.25, 0.3) is 5.69 Å². The molecule has 0 aliphatic heterocycles. The van der Waals surface area contributed by atoms with Crippen LogP contribution in [-0.4, -0.2) is 39.7 Å². The number of hydrogen-bond acceptors (Lipinski definition) is 6. The maximum atomic E-state index is 13.1. The molecule has 1 aromatic heterocycles. The van der Waals surface area contributed by atoms with E-state index >= 15 is 0 Å². The average molecular weight is 447 g/mol. The Morgan fingerprint density at radius 3 is 2.58 bits per heavy atom. The predicted octanol–water partition coefficient (Wildman–Crippen LogP) is 3.47. The van der Waals surface area contributed by atoms with Gasteiger partial charge >= 0.3 is 5.97 Å². The van der Waals surface area contributed by atoms with Gasteiger partial charge in [-0.2, -0.15) is 5.10 Å². The third-order valence-corrected chi connectivity index (χ3v) is 4.64. The minimum absolute atomic E-state index is 0.00301. The summed E-state index contributed by atoms with van der Waals surface area (Å²) in [4.78, 5) is 34.6. The van der Waals surface area contributed by atoms with Gasteiger partial charge in [-0.3, -0.25) is 14.9 Å². The van der Waals surface area contributed by atoms with Crippen LogP contribution < -0.4 is 5.32 Å². The van der Waals surface area contributed by atoms with Crippen molar-refractivity contribution in [3.8, 4) is 5.69 Å². The molecule has 0 aliphatic rings. The minimum atomic E-state index is -0.631. The molecule has 1 heterocycles. The first kappa shape index (κ1) is 21.9. The number of esters is 1. The van der Waals surface area contributed by atoms with Crippen LogP contribution in [0, 0.1) is 22.9 Å². The number of benzene rings is 2. The number of nitrogens with one attached hydrogen (secondary N) is 1. The minimum Gasteiger partial charge on any atom is -0.460 e. The first-order valence-electron chi connectivity index (χ1n) is 8.97. The number of nitro benzene ring substituents is 1. The number of aromatic nitrogens is 2. The zero-order valence-electron chi connectivity index (χ0n) is 16.2. The standard InChI is InChI=1S/C20H16ClFN4O5/c1-12-17(11-24-25(12)14-4-2-13(22)3-5-14)20(28)31-9-8-23-19(27)16-7-6-15(26(29)30)10-18(16)21/h2-7,10-11H,8-9H2,1H3,(H,23,27). The van der Waals surface area contributed by atoms with E-state index in [0.29, 0.717) is 11.4 Å². The summed E-state index contributed by atoms with van der Waals surface area (Å²) in [5.41, 5.74) is 1.17. The second-order valence-corrected chi connectivity index (χ2v) is 6.75. The van der Waals surface area contributed by atoms with Crippen molar-refractivity contribution in [2.45, 2.75) is 6.92 Å². The van der Waals surface area contributed by atoms with E-state index in [9.17, 15) is 24.1 Å². The Hall–Kier alpha value is -3.79. The van der Waals surface area contributed by atoms with Gasteiger partial charge in [0.05, 0.1) is 39.6 Å². The van der Waals surface area contributed by atoms with Gasteiger partial charge in [-0.15, -0.1) is 0 Å². The molecule has 1 N–H and O–H groups in total. The van der Waals surface area contributed by atoms with Gasteiger partial charge in [-0.05, 0) is 37.3 Å². The van der Waals surface area contributed by atoms with Crippen molar-refractivity contribution in [1.29, 1.82) is 0 Å². The van der Waals surface area contributed by atoms with Gasteiger partial charge in [0.25, 0.3) is 11.6 Å². The molecule has 0 unspecified atom stereocenters. The monoisotopic (exact) mass is 446 g/mol. The Morgan fingerprint density at radius 2 is 1.94 bits per heavy atom.